The van der Waals surface area contributed by atoms with Gasteiger partial charge in [-0.25, -0.2) is 0 Å². The van der Waals surface area contributed by atoms with Crippen LogP contribution in [-0.4, -0.2) is 30.9 Å². The van der Waals surface area contributed by atoms with E-state index in [0.29, 0.717) is 0 Å². The van der Waals surface area contributed by atoms with Gasteiger partial charge in [0.1, 0.15) is 0 Å². The molecule has 0 aliphatic carbocycles. The Hall–Kier alpha value is -2.52. The molecular weight excluding hydrogens is 200 g/mol. The zero-order chi connectivity index (χ0) is 12.4. The third-order valence-electron chi connectivity index (χ3n) is 0.722. The zero-order valence-electron chi connectivity index (χ0n) is 8.31. The fourth-order valence-electron chi connectivity index (χ4n) is 0.321. The van der Waals surface area contributed by atoms with E-state index in [4.69, 9.17) is 39.8 Å². The van der Waals surface area contributed by atoms with Gasteiger partial charge in [-0.3, -0.25) is 10.4 Å². The lowest BCUT2D eigenvalue weighted by atomic mass is 10.9. The normalized spacial score (nSPS) is 9.27. The predicted molar refractivity (Wildman–Crippen MR) is 61.1 cm³/mol. The minimum absolute atomic E-state index is 0.0758. The maximum atomic E-state index is 6.46. The second-order valence-corrected chi connectivity index (χ2v) is 2.04. The summed E-state index contributed by atoms with van der Waals surface area (Å²) in [4.78, 5) is 9.98. The van der Waals surface area contributed by atoms with Crippen molar-refractivity contribution in [1.29, 1.82) is 5.41 Å². The van der Waals surface area contributed by atoms with Crippen molar-refractivity contribution < 1.29 is 0 Å². The van der Waals surface area contributed by atoms with Gasteiger partial charge in [0, 0.05) is 7.05 Å². The molecule has 0 radical (unpaired) electrons. The highest BCUT2D eigenvalue weighted by Crippen LogP contribution is 1.64. The van der Waals surface area contributed by atoms with E-state index >= 15 is 0 Å². The van der Waals surface area contributed by atoms with Gasteiger partial charge in [-0.2, -0.15) is 9.98 Å². The maximum Gasteiger partial charge on any atom is 0.218 e. The van der Waals surface area contributed by atoms with Crippen LogP contribution >= 0.6 is 0 Å². The van der Waals surface area contributed by atoms with Crippen molar-refractivity contribution in [3.8, 4) is 0 Å². The SMILES string of the molecule is CN=C(N)N=C(N)N.N=C(N)N=C(N)N. The molecule has 86 valence electrons. The molecule has 0 amide bonds. The maximum absolute atomic E-state index is 6.46. The number of nitrogens with zero attached hydrogens (tertiary/aromatic N) is 3. The first-order valence-electron chi connectivity index (χ1n) is 3.55. The van der Waals surface area contributed by atoms with E-state index in [1.807, 2.05) is 0 Å². The summed E-state index contributed by atoms with van der Waals surface area (Å²) in [6.07, 6.45) is 0. The number of guanidine groups is 4. The highest BCUT2D eigenvalue weighted by Gasteiger charge is 1.81. The molecule has 0 saturated heterocycles. The van der Waals surface area contributed by atoms with Crippen LogP contribution in [0.4, 0.5) is 0 Å². The van der Waals surface area contributed by atoms with Gasteiger partial charge in [0.15, 0.2) is 11.9 Å². The lowest BCUT2D eigenvalue weighted by molar-refractivity contribution is 1.34. The van der Waals surface area contributed by atoms with Gasteiger partial charge >= 0.3 is 0 Å². The standard InChI is InChI=1S/C3H9N5.C2H7N5/c1-7-3(6)8-2(4)5;3-1(4)7-2(5)6/h1H3,(H6,4,5,6,7,8);(H7,3,4,5,6,7). The van der Waals surface area contributed by atoms with Crippen LogP contribution in [-0.2, 0) is 0 Å². The molecule has 0 saturated carbocycles. The van der Waals surface area contributed by atoms with Crippen LogP contribution in [0.2, 0.25) is 0 Å². The first-order valence-corrected chi connectivity index (χ1v) is 3.55. The summed E-state index contributed by atoms with van der Waals surface area (Å²) in [6.45, 7) is 0. The molecule has 0 fully saturated rings. The summed E-state index contributed by atoms with van der Waals surface area (Å²) >= 11 is 0. The minimum atomic E-state index is -0.375. The van der Waals surface area contributed by atoms with Crippen molar-refractivity contribution in [2.75, 3.05) is 7.05 Å². The Balaban J connectivity index is 0. The number of rotatable bonds is 0. The van der Waals surface area contributed by atoms with Crippen LogP contribution < -0.4 is 34.4 Å². The third kappa shape index (κ3) is 18.4. The quantitative estimate of drug-likeness (QED) is 0.160. The van der Waals surface area contributed by atoms with E-state index in [1.165, 1.54) is 7.05 Å². The van der Waals surface area contributed by atoms with Crippen molar-refractivity contribution in [3.05, 3.63) is 0 Å². The summed E-state index contributed by atoms with van der Waals surface area (Å²) in [6, 6.07) is 0. The monoisotopic (exact) mass is 216 g/mol. The Labute approximate surface area is 86.6 Å². The Morgan fingerprint density at radius 3 is 1.33 bits per heavy atom. The van der Waals surface area contributed by atoms with Gasteiger partial charge in [0.2, 0.25) is 11.9 Å². The minimum Gasteiger partial charge on any atom is -0.370 e. The van der Waals surface area contributed by atoms with Crippen molar-refractivity contribution in [1.82, 2.24) is 0 Å². The largest absolute Gasteiger partial charge is 0.370 e. The lowest BCUT2D eigenvalue weighted by Gasteiger charge is -1.88. The van der Waals surface area contributed by atoms with Gasteiger partial charge in [0.25, 0.3) is 0 Å². The summed E-state index contributed by atoms with van der Waals surface area (Å²) in [5.74, 6) is -0.550. The summed E-state index contributed by atoms with van der Waals surface area (Å²) < 4.78 is 0. The fourth-order valence-corrected chi connectivity index (χ4v) is 0.321. The molecule has 0 rings (SSSR count). The van der Waals surface area contributed by atoms with Gasteiger partial charge in [0.05, 0.1) is 0 Å². The van der Waals surface area contributed by atoms with Gasteiger partial charge in [-0.15, -0.1) is 0 Å². The van der Waals surface area contributed by atoms with E-state index in [0.717, 1.165) is 0 Å². The molecule has 10 heteroatoms. The Morgan fingerprint density at radius 1 is 0.867 bits per heavy atom. The molecule has 0 bridgehead atoms. The van der Waals surface area contributed by atoms with Crippen molar-refractivity contribution >= 4 is 23.8 Å². The molecule has 0 aromatic carbocycles. The summed E-state index contributed by atoms with van der Waals surface area (Å²) in [5.41, 5.74) is 29.3. The van der Waals surface area contributed by atoms with Crippen LogP contribution in [0.3, 0.4) is 0 Å². The number of aliphatic imine (C=N–C) groups is 3. The molecule has 0 atom stereocenters. The second-order valence-electron chi connectivity index (χ2n) is 2.04. The molecule has 0 aliphatic heterocycles. The van der Waals surface area contributed by atoms with Gasteiger partial charge < -0.3 is 34.4 Å². The zero-order valence-corrected chi connectivity index (χ0v) is 8.31. The number of nitrogens with one attached hydrogen (secondary N) is 1. The van der Waals surface area contributed by atoms with Crippen LogP contribution in [0.25, 0.3) is 0 Å². The molecule has 0 spiro atoms. The van der Waals surface area contributed by atoms with Gasteiger partial charge in [-0.1, -0.05) is 0 Å². The number of hydrogen-bond acceptors (Lipinski definition) is 2. The van der Waals surface area contributed by atoms with E-state index in [9.17, 15) is 0 Å². The molecule has 10 nitrogen and oxygen atoms in total. The van der Waals surface area contributed by atoms with Crippen LogP contribution in [0, 0.1) is 5.41 Å². The summed E-state index contributed by atoms with van der Waals surface area (Å²) in [5, 5.41) is 6.46. The van der Waals surface area contributed by atoms with E-state index < -0.39 is 0 Å². The number of hydrogen-bond donors (Lipinski definition) is 7. The Morgan fingerprint density at radius 2 is 1.27 bits per heavy atom. The van der Waals surface area contributed by atoms with E-state index in [1.54, 1.807) is 0 Å². The first-order chi connectivity index (χ1) is 6.79. The van der Waals surface area contributed by atoms with Crippen LogP contribution in [0.15, 0.2) is 15.0 Å². The molecule has 15 heavy (non-hydrogen) atoms. The van der Waals surface area contributed by atoms with Crippen molar-refractivity contribution in [3.63, 3.8) is 0 Å². The fraction of sp³-hybridized carbons (Fsp3) is 0.200. The molecule has 0 aliphatic rings. The smallest absolute Gasteiger partial charge is 0.218 e. The van der Waals surface area contributed by atoms with E-state index in [-0.39, 0.29) is 23.8 Å². The molecule has 0 aromatic heterocycles. The molecule has 0 aromatic rings. The molecule has 13 N–H and O–H groups in total. The molecular formula is C5H16N10. The van der Waals surface area contributed by atoms with Crippen molar-refractivity contribution in [2.45, 2.75) is 0 Å². The predicted octanol–water partition coefficient (Wildman–Crippen LogP) is -3.64. The van der Waals surface area contributed by atoms with E-state index in [2.05, 4.69) is 15.0 Å². The van der Waals surface area contributed by atoms with Crippen LogP contribution in [0.5, 0.6) is 0 Å². The second kappa shape index (κ2) is 8.10. The number of nitrogens with two attached hydrogens (primary N) is 6. The summed E-state index contributed by atoms with van der Waals surface area (Å²) in [7, 11) is 1.50. The highest BCUT2D eigenvalue weighted by molar-refractivity contribution is 5.92. The van der Waals surface area contributed by atoms with Crippen molar-refractivity contribution in [2.24, 2.45) is 49.4 Å². The average molecular weight is 216 g/mol. The Bertz CT molecular complexity index is 278. The Kier molecular flexibility index (Phi) is 8.08. The van der Waals surface area contributed by atoms with Crippen LogP contribution in [0.1, 0.15) is 0 Å². The van der Waals surface area contributed by atoms with Gasteiger partial charge in [-0.05, 0) is 0 Å². The topological polar surface area (TPSA) is 217 Å². The molecule has 0 unspecified atom stereocenters. The molecule has 0 heterocycles. The highest BCUT2D eigenvalue weighted by atomic mass is 15.1. The third-order valence-corrected chi connectivity index (χ3v) is 0.722. The first kappa shape index (κ1) is 15.0. The average Bonchev–Trinajstić information content (AvgIpc) is 2.01. The lowest BCUT2D eigenvalue weighted by Crippen LogP contribution is -2.26.